The Kier molecular flexibility index (Phi) is 6.20. The summed E-state index contributed by atoms with van der Waals surface area (Å²) in [6.45, 7) is 0.275. The largest absolute Gasteiger partial charge is 0.493 e. The summed E-state index contributed by atoms with van der Waals surface area (Å²) in [5, 5.41) is 15.6. The van der Waals surface area contributed by atoms with E-state index in [4.69, 9.17) is 9.47 Å². The lowest BCUT2D eigenvalue weighted by atomic mass is 10.1. The normalized spacial score (nSPS) is 10.6. The average molecular weight is 377 g/mol. The van der Waals surface area contributed by atoms with Crippen LogP contribution in [-0.2, 0) is 6.61 Å². The predicted molar refractivity (Wildman–Crippen MR) is 108 cm³/mol. The van der Waals surface area contributed by atoms with Crippen molar-refractivity contribution < 1.29 is 14.4 Å². The molecule has 3 aromatic rings. The van der Waals surface area contributed by atoms with Gasteiger partial charge in [0.1, 0.15) is 6.61 Å². The van der Waals surface area contributed by atoms with E-state index in [1.807, 2.05) is 60.7 Å². The van der Waals surface area contributed by atoms with Crippen LogP contribution in [0.4, 0.5) is 11.4 Å². The van der Waals surface area contributed by atoms with E-state index in [2.05, 4.69) is 10.5 Å². The molecule has 0 saturated carbocycles. The van der Waals surface area contributed by atoms with E-state index >= 15 is 0 Å². The summed E-state index contributed by atoms with van der Waals surface area (Å²) in [6, 6.07) is 21.7. The van der Waals surface area contributed by atoms with Crippen LogP contribution in [-0.4, -0.2) is 18.2 Å². The van der Waals surface area contributed by atoms with Crippen LogP contribution < -0.4 is 14.9 Å². The molecule has 0 heterocycles. The molecule has 1 N–H and O–H groups in total. The molecule has 7 heteroatoms. The van der Waals surface area contributed by atoms with Gasteiger partial charge in [-0.25, -0.2) is 0 Å². The number of anilines is 1. The number of ether oxygens (including phenoxy) is 2. The Hall–Kier alpha value is -3.87. The second-order valence-electron chi connectivity index (χ2n) is 5.83. The predicted octanol–water partition coefficient (Wildman–Crippen LogP) is 4.63. The number of hydrogen-bond donors (Lipinski definition) is 1. The van der Waals surface area contributed by atoms with Crippen molar-refractivity contribution in [2.45, 2.75) is 6.61 Å². The Morgan fingerprint density at radius 2 is 1.71 bits per heavy atom. The molecule has 0 atom stereocenters. The molecular formula is C21H19N3O4. The van der Waals surface area contributed by atoms with Crippen LogP contribution in [0.5, 0.6) is 11.5 Å². The van der Waals surface area contributed by atoms with Crippen LogP contribution in [0.2, 0.25) is 0 Å². The summed E-state index contributed by atoms with van der Waals surface area (Å²) in [7, 11) is 1.49. The molecule has 0 bridgehead atoms. The highest BCUT2D eigenvalue weighted by molar-refractivity contribution is 5.87. The summed E-state index contributed by atoms with van der Waals surface area (Å²) in [4.78, 5) is 11.0. The molecule has 0 saturated heterocycles. The van der Waals surface area contributed by atoms with E-state index in [0.29, 0.717) is 17.1 Å². The summed E-state index contributed by atoms with van der Waals surface area (Å²) in [6.07, 6.45) is 1.38. The summed E-state index contributed by atoms with van der Waals surface area (Å²) < 4.78 is 11.1. The molecule has 3 aromatic carbocycles. The Bertz CT molecular complexity index is 960. The highest BCUT2D eigenvalue weighted by atomic mass is 16.6. The van der Waals surface area contributed by atoms with Gasteiger partial charge in [-0.2, -0.15) is 5.10 Å². The van der Waals surface area contributed by atoms with Gasteiger partial charge in [0, 0.05) is 0 Å². The zero-order chi connectivity index (χ0) is 19.8. The maximum atomic E-state index is 11.5. The van der Waals surface area contributed by atoms with Gasteiger partial charge in [0.15, 0.2) is 11.5 Å². The van der Waals surface area contributed by atoms with Crippen molar-refractivity contribution in [1.29, 1.82) is 0 Å². The van der Waals surface area contributed by atoms with E-state index in [-0.39, 0.29) is 12.3 Å². The first-order valence-corrected chi connectivity index (χ1v) is 8.54. The molecule has 0 aliphatic rings. The van der Waals surface area contributed by atoms with Crippen molar-refractivity contribution in [2.75, 3.05) is 12.5 Å². The van der Waals surface area contributed by atoms with Crippen LogP contribution in [0.15, 0.2) is 77.9 Å². The van der Waals surface area contributed by atoms with Crippen molar-refractivity contribution in [1.82, 2.24) is 0 Å². The second kappa shape index (κ2) is 9.18. The van der Waals surface area contributed by atoms with Crippen molar-refractivity contribution in [3.05, 3.63) is 94.0 Å². The SMILES string of the molecule is COc1cc(/C=N\Nc2ccccc2)c([N+](=O)[O-])cc1OCc1ccccc1. The van der Waals surface area contributed by atoms with E-state index in [1.54, 1.807) is 0 Å². The van der Waals surface area contributed by atoms with Crippen molar-refractivity contribution in [2.24, 2.45) is 5.10 Å². The molecule has 7 nitrogen and oxygen atoms in total. The lowest BCUT2D eigenvalue weighted by Crippen LogP contribution is -2.02. The summed E-state index contributed by atoms with van der Waals surface area (Å²) in [5.41, 5.74) is 4.74. The fourth-order valence-electron chi connectivity index (χ4n) is 2.52. The molecular weight excluding hydrogens is 358 g/mol. The average Bonchev–Trinajstić information content (AvgIpc) is 2.73. The Labute approximate surface area is 162 Å². The highest BCUT2D eigenvalue weighted by Crippen LogP contribution is 2.34. The molecule has 0 aliphatic carbocycles. The summed E-state index contributed by atoms with van der Waals surface area (Å²) >= 11 is 0. The van der Waals surface area contributed by atoms with Gasteiger partial charge in [0.25, 0.3) is 5.69 Å². The van der Waals surface area contributed by atoms with Gasteiger partial charge in [-0.1, -0.05) is 48.5 Å². The second-order valence-corrected chi connectivity index (χ2v) is 5.83. The number of nitrogens with zero attached hydrogens (tertiary/aromatic N) is 2. The first-order chi connectivity index (χ1) is 13.7. The fraction of sp³-hybridized carbons (Fsp3) is 0.0952. The number of methoxy groups -OCH3 is 1. The Morgan fingerprint density at radius 3 is 2.36 bits per heavy atom. The number of para-hydroxylation sites is 1. The number of benzene rings is 3. The quantitative estimate of drug-likeness (QED) is 0.351. The van der Waals surface area contributed by atoms with E-state index in [9.17, 15) is 10.1 Å². The van der Waals surface area contributed by atoms with Crippen LogP contribution >= 0.6 is 0 Å². The van der Waals surface area contributed by atoms with Gasteiger partial charge in [-0.3, -0.25) is 15.5 Å². The van der Waals surface area contributed by atoms with Gasteiger partial charge in [-0.15, -0.1) is 0 Å². The first kappa shape index (κ1) is 18.9. The molecule has 0 aromatic heterocycles. The highest BCUT2D eigenvalue weighted by Gasteiger charge is 2.19. The van der Waals surface area contributed by atoms with Crippen LogP contribution in [0.1, 0.15) is 11.1 Å². The van der Waals surface area contributed by atoms with Crippen LogP contribution in [0, 0.1) is 10.1 Å². The monoisotopic (exact) mass is 377 g/mol. The number of nitro groups is 1. The topological polar surface area (TPSA) is 86.0 Å². The number of hydrogen-bond acceptors (Lipinski definition) is 6. The lowest BCUT2D eigenvalue weighted by Gasteiger charge is -2.12. The van der Waals surface area contributed by atoms with Gasteiger partial charge < -0.3 is 9.47 Å². The maximum absolute atomic E-state index is 11.5. The number of nitrogens with one attached hydrogen (secondary N) is 1. The van der Waals surface area contributed by atoms with Crippen molar-refractivity contribution in [3.63, 3.8) is 0 Å². The van der Waals surface area contributed by atoms with E-state index in [1.165, 1.54) is 25.5 Å². The van der Waals surface area contributed by atoms with Gasteiger partial charge in [0.2, 0.25) is 0 Å². The van der Waals surface area contributed by atoms with Crippen LogP contribution in [0.25, 0.3) is 0 Å². The minimum Gasteiger partial charge on any atom is -0.493 e. The minimum atomic E-state index is -0.474. The lowest BCUT2D eigenvalue weighted by molar-refractivity contribution is -0.385. The number of hydrazone groups is 1. The van der Waals surface area contributed by atoms with E-state index < -0.39 is 4.92 Å². The molecule has 142 valence electrons. The molecule has 0 amide bonds. The molecule has 0 spiro atoms. The van der Waals surface area contributed by atoms with Crippen molar-refractivity contribution in [3.8, 4) is 11.5 Å². The third-order valence-corrected chi connectivity index (χ3v) is 3.92. The van der Waals surface area contributed by atoms with Crippen molar-refractivity contribution >= 4 is 17.6 Å². The third-order valence-electron chi connectivity index (χ3n) is 3.92. The van der Waals surface area contributed by atoms with Crippen LogP contribution in [0.3, 0.4) is 0 Å². The van der Waals surface area contributed by atoms with Gasteiger partial charge in [-0.05, 0) is 23.8 Å². The Balaban J connectivity index is 1.83. The molecule has 28 heavy (non-hydrogen) atoms. The Morgan fingerprint density at radius 1 is 1.04 bits per heavy atom. The fourth-order valence-corrected chi connectivity index (χ4v) is 2.52. The molecule has 0 unspecified atom stereocenters. The number of nitro benzene ring substituents is 1. The smallest absolute Gasteiger partial charge is 0.282 e. The third kappa shape index (κ3) is 4.85. The first-order valence-electron chi connectivity index (χ1n) is 8.54. The molecule has 0 fully saturated rings. The number of rotatable bonds is 8. The van der Waals surface area contributed by atoms with E-state index in [0.717, 1.165) is 11.3 Å². The summed E-state index contributed by atoms with van der Waals surface area (Å²) in [5.74, 6) is 0.689. The van der Waals surface area contributed by atoms with Gasteiger partial charge in [0.05, 0.1) is 35.6 Å². The molecule has 0 aliphatic heterocycles. The molecule has 3 rings (SSSR count). The maximum Gasteiger partial charge on any atom is 0.282 e. The van der Waals surface area contributed by atoms with Gasteiger partial charge >= 0.3 is 0 Å². The zero-order valence-corrected chi connectivity index (χ0v) is 15.2. The molecule has 0 radical (unpaired) electrons. The minimum absolute atomic E-state index is 0.123. The standard InChI is InChI=1S/C21H19N3O4/c1-27-20-12-17(14-22-23-18-10-6-3-7-11-18)19(24(25)26)13-21(20)28-15-16-8-4-2-5-9-16/h2-14,23H,15H2,1H3/b22-14-. The zero-order valence-electron chi connectivity index (χ0n) is 15.2.